The highest BCUT2D eigenvalue weighted by molar-refractivity contribution is 6.06. The number of rotatable bonds is 3. The molecule has 0 fully saturated rings. The Bertz CT molecular complexity index is 750. The van der Waals surface area contributed by atoms with Gasteiger partial charge in [0.2, 0.25) is 0 Å². The zero-order valence-electron chi connectivity index (χ0n) is 11.4. The van der Waals surface area contributed by atoms with Crippen molar-refractivity contribution in [2.75, 3.05) is 0 Å². The number of carbonyl (C=O) groups excluding carboxylic acids is 1. The van der Waals surface area contributed by atoms with Crippen LogP contribution in [0.4, 0.5) is 0 Å². The second kappa shape index (κ2) is 4.85. The molecule has 0 spiro atoms. The standard InChI is InChI=1S/C15H16N4O/c1-9-12(10(2)19-18-9)7-17-15(20)13-8-16-14-6-4-3-5-11(13)14/h3-6,8,16H,7H2,1-2H3,(H,17,20)(H,18,19). The number of aromatic amines is 2. The van der Waals surface area contributed by atoms with E-state index in [9.17, 15) is 4.79 Å². The highest BCUT2D eigenvalue weighted by atomic mass is 16.1. The van der Waals surface area contributed by atoms with Crippen molar-refractivity contribution in [1.29, 1.82) is 0 Å². The van der Waals surface area contributed by atoms with Gasteiger partial charge in [0.05, 0.1) is 11.3 Å². The molecule has 0 saturated carbocycles. The first-order valence-electron chi connectivity index (χ1n) is 6.51. The van der Waals surface area contributed by atoms with Gasteiger partial charge < -0.3 is 10.3 Å². The highest BCUT2D eigenvalue weighted by Crippen LogP contribution is 2.17. The van der Waals surface area contributed by atoms with Crippen molar-refractivity contribution >= 4 is 16.8 Å². The number of H-pyrrole nitrogens is 2. The normalized spacial score (nSPS) is 10.9. The Morgan fingerprint density at radius 1 is 1.30 bits per heavy atom. The van der Waals surface area contributed by atoms with E-state index in [1.54, 1.807) is 6.20 Å². The molecule has 5 nitrogen and oxygen atoms in total. The summed E-state index contributed by atoms with van der Waals surface area (Å²) in [5, 5.41) is 10.9. The summed E-state index contributed by atoms with van der Waals surface area (Å²) in [5.41, 5.74) is 4.58. The van der Waals surface area contributed by atoms with Crippen molar-refractivity contribution in [2.24, 2.45) is 0 Å². The van der Waals surface area contributed by atoms with Crippen molar-refractivity contribution < 1.29 is 4.79 Å². The van der Waals surface area contributed by atoms with Gasteiger partial charge in [-0.3, -0.25) is 9.89 Å². The van der Waals surface area contributed by atoms with Crippen molar-refractivity contribution in [3.63, 3.8) is 0 Å². The summed E-state index contributed by atoms with van der Waals surface area (Å²) in [4.78, 5) is 15.4. The van der Waals surface area contributed by atoms with Crippen LogP contribution in [0, 0.1) is 13.8 Å². The fourth-order valence-corrected chi connectivity index (χ4v) is 2.36. The Labute approximate surface area is 116 Å². The van der Waals surface area contributed by atoms with E-state index in [0.29, 0.717) is 12.1 Å². The molecule has 0 aliphatic rings. The SMILES string of the molecule is Cc1n[nH]c(C)c1CNC(=O)c1c[nH]c2ccccc12. The molecule has 0 radical (unpaired) electrons. The molecule has 3 rings (SSSR count). The highest BCUT2D eigenvalue weighted by Gasteiger charge is 2.13. The number of nitrogens with one attached hydrogen (secondary N) is 3. The minimum Gasteiger partial charge on any atom is -0.360 e. The largest absolute Gasteiger partial charge is 0.360 e. The molecule has 0 saturated heterocycles. The topological polar surface area (TPSA) is 73.6 Å². The summed E-state index contributed by atoms with van der Waals surface area (Å²) in [6.07, 6.45) is 1.75. The van der Waals surface area contributed by atoms with E-state index in [1.165, 1.54) is 0 Å². The number of aryl methyl sites for hydroxylation is 2. The smallest absolute Gasteiger partial charge is 0.253 e. The average molecular weight is 268 g/mol. The van der Waals surface area contributed by atoms with Gasteiger partial charge in [0.25, 0.3) is 5.91 Å². The van der Waals surface area contributed by atoms with Gasteiger partial charge in [0, 0.05) is 34.9 Å². The first kappa shape index (κ1) is 12.5. The van der Waals surface area contributed by atoms with E-state index in [1.807, 2.05) is 38.1 Å². The molecule has 0 bridgehead atoms. The van der Waals surface area contributed by atoms with E-state index < -0.39 is 0 Å². The number of amides is 1. The molecule has 1 aromatic carbocycles. The molecule has 3 aromatic rings. The van der Waals surface area contributed by atoms with E-state index in [2.05, 4.69) is 20.5 Å². The summed E-state index contributed by atoms with van der Waals surface area (Å²) >= 11 is 0. The molecular formula is C15H16N4O. The van der Waals surface area contributed by atoms with Crippen LogP contribution in [-0.4, -0.2) is 21.1 Å². The van der Waals surface area contributed by atoms with Gasteiger partial charge in [-0.2, -0.15) is 5.10 Å². The lowest BCUT2D eigenvalue weighted by Gasteiger charge is -2.04. The maximum absolute atomic E-state index is 12.3. The average Bonchev–Trinajstić information content (AvgIpc) is 3.01. The van der Waals surface area contributed by atoms with Crippen LogP contribution in [0.1, 0.15) is 27.3 Å². The van der Waals surface area contributed by atoms with Crippen LogP contribution in [0.15, 0.2) is 30.5 Å². The Hall–Kier alpha value is -2.56. The fourth-order valence-electron chi connectivity index (χ4n) is 2.36. The second-order valence-electron chi connectivity index (χ2n) is 4.84. The molecule has 102 valence electrons. The van der Waals surface area contributed by atoms with Gasteiger partial charge in [-0.05, 0) is 19.9 Å². The Balaban J connectivity index is 1.80. The molecule has 0 unspecified atom stereocenters. The van der Waals surface area contributed by atoms with Crippen LogP contribution in [0.2, 0.25) is 0 Å². The second-order valence-corrected chi connectivity index (χ2v) is 4.84. The van der Waals surface area contributed by atoms with Gasteiger partial charge >= 0.3 is 0 Å². The van der Waals surface area contributed by atoms with Crippen molar-refractivity contribution in [2.45, 2.75) is 20.4 Å². The molecule has 0 aliphatic carbocycles. The Kier molecular flexibility index (Phi) is 3.02. The minimum atomic E-state index is -0.0811. The number of para-hydroxylation sites is 1. The van der Waals surface area contributed by atoms with Gasteiger partial charge in [0.15, 0.2) is 0 Å². The summed E-state index contributed by atoms with van der Waals surface area (Å²) in [5.74, 6) is -0.0811. The molecule has 0 atom stereocenters. The number of benzene rings is 1. The van der Waals surface area contributed by atoms with Gasteiger partial charge in [0.1, 0.15) is 0 Å². The summed E-state index contributed by atoms with van der Waals surface area (Å²) in [6, 6.07) is 7.77. The number of hydrogen-bond acceptors (Lipinski definition) is 2. The predicted molar refractivity (Wildman–Crippen MR) is 77.5 cm³/mol. The van der Waals surface area contributed by atoms with Crippen LogP contribution in [0.3, 0.4) is 0 Å². The van der Waals surface area contributed by atoms with Crippen LogP contribution >= 0.6 is 0 Å². The van der Waals surface area contributed by atoms with Crippen molar-refractivity contribution in [3.8, 4) is 0 Å². The zero-order chi connectivity index (χ0) is 14.1. The lowest BCUT2D eigenvalue weighted by Crippen LogP contribution is -2.23. The monoisotopic (exact) mass is 268 g/mol. The Morgan fingerprint density at radius 2 is 2.10 bits per heavy atom. The molecule has 1 amide bonds. The lowest BCUT2D eigenvalue weighted by molar-refractivity contribution is 0.0952. The van der Waals surface area contributed by atoms with Gasteiger partial charge in [-0.15, -0.1) is 0 Å². The minimum absolute atomic E-state index is 0.0811. The molecule has 2 aromatic heterocycles. The Morgan fingerprint density at radius 3 is 2.85 bits per heavy atom. The van der Waals surface area contributed by atoms with Crippen molar-refractivity contribution in [3.05, 3.63) is 53.0 Å². The molecular weight excluding hydrogens is 252 g/mol. The fraction of sp³-hybridized carbons (Fsp3) is 0.200. The number of fused-ring (bicyclic) bond motifs is 1. The van der Waals surface area contributed by atoms with E-state index >= 15 is 0 Å². The van der Waals surface area contributed by atoms with Crippen LogP contribution in [-0.2, 0) is 6.54 Å². The van der Waals surface area contributed by atoms with Crippen LogP contribution in [0.25, 0.3) is 10.9 Å². The molecule has 20 heavy (non-hydrogen) atoms. The molecule has 5 heteroatoms. The van der Waals surface area contributed by atoms with Gasteiger partial charge in [-0.25, -0.2) is 0 Å². The molecule has 2 heterocycles. The summed E-state index contributed by atoms with van der Waals surface area (Å²) < 4.78 is 0. The number of carbonyl (C=O) groups is 1. The maximum atomic E-state index is 12.3. The number of hydrogen-bond donors (Lipinski definition) is 3. The lowest BCUT2D eigenvalue weighted by atomic mass is 10.1. The zero-order valence-corrected chi connectivity index (χ0v) is 11.4. The van der Waals surface area contributed by atoms with Crippen LogP contribution < -0.4 is 5.32 Å². The number of nitrogens with zero attached hydrogens (tertiary/aromatic N) is 1. The van der Waals surface area contributed by atoms with Crippen molar-refractivity contribution in [1.82, 2.24) is 20.5 Å². The third kappa shape index (κ3) is 2.07. The van der Waals surface area contributed by atoms with E-state index in [4.69, 9.17) is 0 Å². The first-order valence-corrected chi connectivity index (χ1v) is 6.51. The summed E-state index contributed by atoms with van der Waals surface area (Å²) in [6.45, 7) is 4.36. The van der Waals surface area contributed by atoms with E-state index in [0.717, 1.165) is 27.9 Å². The maximum Gasteiger partial charge on any atom is 0.253 e. The van der Waals surface area contributed by atoms with Gasteiger partial charge in [-0.1, -0.05) is 18.2 Å². The summed E-state index contributed by atoms with van der Waals surface area (Å²) in [7, 11) is 0. The number of aromatic nitrogens is 3. The third-order valence-corrected chi connectivity index (χ3v) is 3.54. The quantitative estimate of drug-likeness (QED) is 0.682. The first-order chi connectivity index (χ1) is 9.66. The molecule has 3 N–H and O–H groups in total. The third-order valence-electron chi connectivity index (χ3n) is 3.54. The predicted octanol–water partition coefficient (Wildman–Crippen LogP) is 2.44. The van der Waals surface area contributed by atoms with Crippen LogP contribution in [0.5, 0.6) is 0 Å². The van der Waals surface area contributed by atoms with E-state index in [-0.39, 0.29) is 5.91 Å². The molecule has 0 aliphatic heterocycles.